The van der Waals surface area contributed by atoms with Crippen LogP contribution in [0, 0.1) is 5.92 Å². The van der Waals surface area contributed by atoms with E-state index >= 15 is 0 Å². The van der Waals surface area contributed by atoms with Crippen molar-refractivity contribution >= 4 is 29.0 Å². The van der Waals surface area contributed by atoms with Crippen LogP contribution in [0.4, 0.5) is 18.9 Å². The number of aliphatic carboxylic acids is 1. The molecule has 240 valence electrons. The number of ether oxygens (including phenoxy) is 1. The van der Waals surface area contributed by atoms with E-state index in [0.29, 0.717) is 5.56 Å². The molecule has 2 amide bonds. The minimum Gasteiger partial charge on any atom is -0.493 e. The summed E-state index contributed by atoms with van der Waals surface area (Å²) >= 11 is 0. The predicted octanol–water partition coefficient (Wildman–Crippen LogP) is 7.74. The minimum atomic E-state index is -4.67. The second-order valence-electron chi connectivity index (χ2n) is 11.6. The van der Waals surface area contributed by atoms with Crippen molar-refractivity contribution in [1.29, 1.82) is 0 Å². The van der Waals surface area contributed by atoms with Crippen molar-refractivity contribution in [2.45, 2.75) is 57.0 Å². The van der Waals surface area contributed by atoms with E-state index in [2.05, 4.69) is 16.7 Å². The first-order chi connectivity index (χ1) is 22.1. The minimum absolute atomic E-state index is 0.00603. The van der Waals surface area contributed by atoms with Crippen molar-refractivity contribution in [3.8, 4) is 5.75 Å². The molecule has 0 radical (unpaired) electrons. The van der Waals surface area contributed by atoms with Gasteiger partial charge in [0.1, 0.15) is 5.75 Å². The maximum atomic E-state index is 13.9. The smallest absolute Gasteiger partial charge is 0.420 e. The fourth-order valence-electron chi connectivity index (χ4n) is 5.37. The third-order valence-electron chi connectivity index (χ3n) is 8.11. The summed E-state index contributed by atoms with van der Waals surface area (Å²) in [5.74, 6) is -2.92. The molecule has 7 nitrogen and oxygen atoms in total. The number of amides is 2. The average Bonchev–Trinajstić information content (AvgIpc) is 3.88. The molecular formula is C36H35F3N2O5. The number of anilines is 1. The molecule has 2 aliphatic rings. The fraction of sp³-hybridized carbons (Fsp3) is 0.306. The van der Waals surface area contributed by atoms with E-state index in [0.717, 1.165) is 68.0 Å². The number of hydrogen-bond acceptors (Lipinski definition) is 4. The maximum Gasteiger partial charge on any atom is 0.420 e. The number of nitrogens with one attached hydrogen (secondary N) is 2. The van der Waals surface area contributed by atoms with Crippen molar-refractivity contribution < 1.29 is 37.4 Å². The van der Waals surface area contributed by atoms with Crippen LogP contribution in [-0.2, 0) is 22.2 Å². The van der Waals surface area contributed by atoms with E-state index in [-0.39, 0.29) is 35.9 Å². The Morgan fingerprint density at radius 2 is 1.72 bits per heavy atom. The zero-order chi connectivity index (χ0) is 32.7. The number of carboxylic acids is 1. The SMILES string of the molecule is O=C(O)/C=C/NC(=O)c1ccc(CC(C(=O)Nc2ccc(OCC3CC3)c(C(F)(F)F)c2)c2ccc(C3=CCCCC3)cc2)cc1. The van der Waals surface area contributed by atoms with Gasteiger partial charge in [0.2, 0.25) is 5.91 Å². The first-order valence-corrected chi connectivity index (χ1v) is 15.3. The number of benzene rings is 3. The lowest BCUT2D eigenvalue weighted by Crippen LogP contribution is -2.23. The van der Waals surface area contributed by atoms with E-state index in [1.54, 1.807) is 24.3 Å². The van der Waals surface area contributed by atoms with E-state index in [1.165, 1.54) is 17.7 Å². The lowest BCUT2D eigenvalue weighted by atomic mass is 9.88. The molecule has 3 aromatic rings. The second-order valence-corrected chi connectivity index (χ2v) is 11.6. The lowest BCUT2D eigenvalue weighted by Gasteiger charge is -2.20. The highest BCUT2D eigenvalue weighted by Gasteiger charge is 2.36. The molecular weight excluding hydrogens is 597 g/mol. The first kappa shape index (κ1) is 32.5. The van der Waals surface area contributed by atoms with Crippen LogP contribution in [0.5, 0.6) is 5.75 Å². The third-order valence-corrected chi connectivity index (χ3v) is 8.11. The molecule has 1 saturated carbocycles. The molecule has 10 heteroatoms. The second kappa shape index (κ2) is 14.5. The Balaban J connectivity index is 1.38. The quantitative estimate of drug-likeness (QED) is 0.177. The number of carboxylic acid groups (broad SMARTS) is 1. The van der Waals surface area contributed by atoms with Crippen molar-refractivity contribution in [1.82, 2.24) is 5.32 Å². The summed E-state index contributed by atoms with van der Waals surface area (Å²) in [7, 11) is 0. The van der Waals surface area contributed by atoms with Gasteiger partial charge in [-0.15, -0.1) is 0 Å². The molecule has 1 fully saturated rings. The molecule has 5 rings (SSSR count). The van der Waals surface area contributed by atoms with Gasteiger partial charge in [-0.1, -0.05) is 42.5 Å². The molecule has 0 bridgehead atoms. The van der Waals surface area contributed by atoms with Crippen molar-refractivity contribution in [3.05, 3.63) is 113 Å². The normalized spacial score (nSPS) is 15.6. The Hall–Kier alpha value is -4.86. The molecule has 3 aromatic carbocycles. The maximum absolute atomic E-state index is 13.9. The van der Waals surface area contributed by atoms with Gasteiger partial charge in [0.25, 0.3) is 5.91 Å². The summed E-state index contributed by atoms with van der Waals surface area (Å²) in [6.07, 6.45) is 5.77. The van der Waals surface area contributed by atoms with Crippen LogP contribution in [0.1, 0.15) is 77.1 Å². The summed E-state index contributed by atoms with van der Waals surface area (Å²) < 4.78 is 47.3. The number of carbonyl (C=O) groups excluding carboxylic acids is 2. The van der Waals surface area contributed by atoms with E-state index < -0.39 is 35.4 Å². The third kappa shape index (κ3) is 8.87. The zero-order valence-electron chi connectivity index (χ0n) is 25.1. The van der Waals surface area contributed by atoms with Gasteiger partial charge < -0.3 is 20.5 Å². The van der Waals surface area contributed by atoms with Gasteiger partial charge in [-0.25, -0.2) is 4.79 Å². The number of rotatable bonds is 12. The topological polar surface area (TPSA) is 105 Å². The van der Waals surface area contributed by atoms with Crippen LogP contribution in [0.25, 0.3) is 5.57 Å². The van der Waals surface area contributed by atoms with E-state index in [9.17, 15) is 27.6 Å². The Morgan fingerprint density at radius 1 is 0.978 bits per heavy atom. The Labute approximate surface area is 265 Å². The standard InChI is InChI=1S/C36H35F3N2O5/c37-36(38,39)31-21-29(16-17-32(31)46-22-24-6-7-24)41-35(45)30(27-14-12-26(13-15-27)25-4-2-1-3-5-25)20-23-8-10-28(11-9-23)34(44)40-19-18-33(42)43/h4,8-19,21,24,30H,1-3,5-7,20,22H2,(H,40,44)(H,41,45)(H,42,43)/b19-18+. The first-order valence-electron chi connectivity index (χ1n) is 15.3. The Kier molecular flexibility index (Phi) is 10.2. The van der Waals surface area contributed by atoms with Gasteiger partial charge in [0.05, 0.1) is 18.1 Å². The summed E-state index contributed by atoms with van der Waals surface area (Å²) in [5.41, 5.74) is 3.09. The van der Waals surface area contributed by atoms with E-state index in [1.807, 2.05) is 24.3 Å². The average molecular weight is 633 g/mol. The molecule has 46 heavy (non-hydrogen) atoms. The van der Waals surface area contributed by atoms with Gasteiger partial charge in [-0.2, -0.15) is 13.2 Å². The Morgan fingerprint density at radius 3 is 2.35 bits per heavy atom. The highest BCUT2D eigenvalue weighted by molar-refractivity contribution is 5.97. The molecule has 2 aliphatic carbocycles. The summed E-state index contributed by atoms with van der Waals surface area (Å²) in [5, 5.41) is 13.8. The van der Waals surface area contributed by atoms with Crippen LogP contribution in [-0.4, -0.2) is 29.5 Å². The number of hydrogen-bond donors (Lipinski definition) is 3. The molecule has 1 unspecified atom stereocenters. The molecule has 0 spiro atoms. The van der Waals surface area contributed by atoms with Gasteiger partial charge >= 0.3 is 12.1 Å². The highest BCUT2D eigenvalue weighted by atomic mass is 19.4. The monoisotopic (exact) mass is 632 g/mol. The zero-order valence-corrected chi connectivity index (χ0v) is 25.1. The van der Waals surface area contributed by atoms with Gasteiger partial charge in [0.15, 0.2) is 0 Å². The summed E-state index contributed by atoms with van der Waals surface area (Å²) in [4.78, 5) is 36.8. The van der Waals surface area contributed by atoms with Gasteiger partial charge in [-0.05, 0) is 103 Å². The van der Waals surface area contributed by atoms with Gasteiger partial charge in [-0.3, -0.25) is 9.59 Å². The van der Waals surface area contributed by atoms with Gasteiger partial charge in [0, 0.05) is 23.5 Å². The molecule has 0 aliphatic heterocycles. The molecule has 3 N–H and O–H groups in total. The Bertz CT molecular complexity index is 1620. The molecule has 1 atom stereocenters. The number of halogens is 3. The number of carbonyl (C=O) groups is 3. The lowest BCUT2D eigenvalue weighted by molar-refractivity contribution is -0.139. The molecule has 0 saturated heterocycles. The predicted molar refractivity (Wildman–Crippen MR) is 168 cm³/mol. The van der Waals surface area contributed by atoms with Crippen LogP contribution >= 0.6 is 0 Å². The van der Waals surface area contributed by atoms with E-state index in [4.69, 9.17) is 9.84 Å². The van der Waals surface area contributed by atoms with Crippen molar-refractivity contribution in [2.24, 2.45) is 5.92 Å². The van der Waals surface area contributed by atoms with Crippen LogP contribution in [0.15, 0.2) is 85.1 Å². The van der Waals surface area contributed by atoms with Crippen molar-refractivity contribution in [3.63, 3.8) is 0 Å². The fourth-order valence-corrected chi connectivity index (χ4v) is 5.37. The largest absolute Gasteiger partial charge is 0.493 e. The molecule has 0 aromatic heterocycles. The van der Waals surface area contributed by atoms with Crippen molar-refractivity contribution in [2.75, 3.05) is 11.9 Å². The van der Waals surface area contributed by atoms with Crippen LogP contribution in [0.3, 0.4) is 0 Å². The highest BCUT2D eigenvalue weighted by Crippen LogP contribution is 2.39. The summed E-state index contributed by atoms with van der Waals surface area (Å²) in [6, 6.07) is 17.7. The summed E-state index contributed by atoms with van der Waals surface area (Å²) in [6.45, 7) is 0.225. The number of allylic oxidation sites excluding steroid dienone is 2. The van der Waals surface area contributed by atoms with Crippen LogP contribution < -0.4 is 15.4 Å². The van der Waals surface area contributed by atoms with Crippen LogP contribution in [0.2, 0.25) is 0 Å². The molecule has 0 heterocycles. The number of alkyl halides is 3.